The number of hydrogen-bond donors (Lipinski definition) is 1. The number of nitrogens with zero attached hydrogens (tertiary/aromatic N) is 1. The smallest absolute Gasteiger partial charge is 0.410 e. The second-order valence-electron chi connectivity index (χ2n) is 7.04. The van der Waals surface area contributed by atoms with Crippen LogP contribution in [0.25, 0.3) is 0 Å². The first-order valence-electron chi connectivity index (χ1n) is 6.73. The van der Waals surface area contributed by atoms with E-state index in [0.29, 0.717) is 13.1 Å². The van der Waals surface area contributed by atoms with E-state index in [0.717, 1.165) is 6.42 Å². The van der Waals surface area contributed by atoms with Crippen LogP contribution >= 0.6 is 0 Å². The monoisotopic (exact) mass is 270 g/mol. The molecular formula is C14H26N2O3. The van der Waals surface area contributed by atoms with Gasteiger partial charge < -0.3 is 15.0 Å². The molecule has 5 nitrogen and oxygen atoms in total. The molecule has 5 heteroatoms. The lowest BCUT2D eigenvalue weighted by molar-refractivity contribution is -0.127. The number of amides is 2. The summed E-state index contributed by atoms with van der Waals surface area (Å²) in [4.78, 5) is 25.6. The Labute approximate surface area is 115 Å². The van der Waals surface area contributed by atoms with E-state index in [4.69, 9.17) is 4.74 Å². The fourth-order valence-corrected chi connectivity index (χ4v) is 2.49. The number of carbonyl (C=O) groups is 2. The van der Waals surface area contributed by atoms with Crippen molar-refractivity contribution in [2.45, 2.75) is 46.6 Å². The SMILES string of the molecule is CNC(=O)C1CN(C(=O)OC(C)(C)C)CC(C)(C)C1. The number of rotatable bonds is 1. The predicted octanol–water partition coefficient (Wildman–Crippen LogP) is 2.02. The molecule has 1 aliphatic heterocycles. The summed E-state index contributed by atoms with van der Waals surface area (Å²) < 4.78 is 5.39. The van der Waals surface area contributed by atoms with Gasteiger partial charge >= 0.3 is 6.09 Å². The fraction of sp³-hybridized carbons (Fsp3) is 0.857. The van der Waals surface area contributed by atoms with Crippen LogP contribution < -0.4 is 5.32 Å². The molecule has 19 heavy (non-hydrogen) atoms. The van der Waals surface area contributed by atoms with Gasteiger partial charge in [-0.25, -0.2) is 4.79 Å². The summed E-state index contributed by atoms with van der Waals surface area (Å²) in [5.41, 5.74) is -0.590. The predicted molar refractivity (Wildman–Crippen MR) is 73.8 cm³/mol. The zero-order valence-electron chi connectivity index (χ0n) is 12.9. The number of carbonyl (C=O) groups excluding carboxylic acids is 2. The van der Waals surface area contributed by atoms with Crippen molar-refractivity contribution in [3.8, 4) is 0 Å². The molecule has 1 unspecified atom stereocenters. The molecule has 0 aromatic heterocycles. The second-order valence-corrected chi connectivity index (χ2v) is 7.04. The number of ether oxygens (including phenoxy) is 1. The molecule has 1 fully saturated rings. The summed E-state index contributed by atoms with van der Waals surface area (Å²) in [6.07, 6.45) is 0.445. The zero-order valence-corrected chi connectivity index (χ0v) is 12.9. The fourth-order valence-electron chi connectivity index (χ4n) is 2.49. The normalized spacial score (nSPS) is 22.8. The van der Waals surface area contributed by atoms with E-state index in [1.54, 1.807) is 11.9 Å². The van der Waals surface area contributed by atoms with Gasteiger partial charge in [0.05, 0.1) is 5.92 Å². The van der Waals surface area contributed by atoms with Crippen LogP contribution in [0.15, 0.2) is 0 Å². The second kappa shape index (κ2) is 5.39. The highest BCUT2D eigenvalue weighted by Crippen LogP contribution is 2.33. The van der Waals surface area contributed by atoms with E-state index < -0.39 is 5.60 Å². The van der Waals surface area contributed by atoms with Crippen LogP contribution in [0, 0.1) is 11.3 Å². The molecule has 110 valence electrons. The molecular weight excluding hydrogens is 244 g/mol. The lowest BCUT2D eigenvalue weighted by atomic mass is 9.78. The maximum Gasteiger partial charge on any atom is 0.410 e. The third-order valence-electron chi connectivity index (χ3n) is 3.13. The first-order chi connectivity index (χ1) is 8.54. The number of piperidine rings is 1. The van der Waals surface area contributed by atoms with Crippen LogP contribution in [-0.2, 0) is 9.53 Å². The summed E-state index contributed by atoms with van der Waals surface area (Å²) in [6.45, 7) is 10.7. The molecule has 1 aliphatic rings. The van der Waals surface area contributed by atoms with Crippen LogP contribution in [0.5, 0.6) is 0 Å². The molecule has 0 aromatic rings. The van der Waals surface area contributed by atoms with E-state index in [9.17, 15) is 9.59 Å². The van der Waals surface area contributed by atoms with Gasteiger partial charge in [0.25, 0.3) is 0 Å². The number of hydrogen-bond acceptors (Lipinski definition) is 3. The molecule has 1 rings (SSSR count). The third kappa shape index (κ3) is 4.73. The molecule has 0 aromatic carbocycles. The molecule has 1 N–H and O–H groups in total. The van der Waals surface area contributed by atoms with Gasteiger partial charge in [0, 0.05) is 20.1 Å². The standard InChI is InChI=1S/C14H26N2O3/c1-13(2,3)19-12(18)16-8-10(11(17)15-6)7-14(4,5)9-16/h10H,7-9H2,1-6H3,(H,15,17). The van der Waals surface area contributed by atoms with Gasteiger partial charge in [-0.3, -0.25) is 4.79 Å². The molecule has 1 atom stereocenters. The average Bonchev–Trinajstić information content (AvgIpc) is 2.23. The minimum Gasteiger partial charge on any atom is -0.444 e. The van der Waals surface area contributed by atoms with Crippen LogP contribution in [0.4, 0.5) is 4.79 Å². The lowest BCUT2D eigenvalue weighted by Gasteiger charge is -2.42. The van der Waals surface area contributed by atoms with E-state index in [1.165, 1.54) is 0 Å². The van der Waals surface area contributed by atoms with Crippen molar-refractivity contribution in [1.82, 2.24) is 10.2 Å². The molecule has 0 radical (unpaired) electrons. The topological polar surface area (TPSA) is 58.6 Å². The molecule has 2 amide bonds. The summed E-state index contributed by atoms with van der Waals surface area (Å²) in [5, 5.41) is 2.66. The first kappa shape index (κ1) is 15.8. The summed E-state index contributed by atoms with van der Waals surface area (Å²) in [6, 6.07) is 0. The van der Waals surface area contributed by atoms with Crippen molar-refractivity contribution in [3.05, 3.63) is 0 Å². The van der Waals surface area contributed by atoms with Crippen molar-refractivity contribution in [3.63, 3.8) is 0 Å². The Bertz CT molecular complexity index is 358. The third-order valence-corrected chi connectivity index (χ3v) is 3.13. The van der Waals surface area contributed by atoms with Gasteiger partial charge in [-0.2, -0.15) is 0 Å². The Morgan fingerprint density at radius 3 is 2.37 bits per heavy atom. The molecule has 1 heterocycles. The molecule has 1 saturated heterocycles. The van der Waals surface area contributed by atoms with E-state index in [2.05, 4.69) is 19.2 Å². The quantitative estimate of drug-likeness (QED) is 0.793. The van der Waals surface area contributed by atoms with Crippen molar-refractivity contribution in [1.29, 1.82) is 0 Å². The minimum atomic E-state index is -0.513. The lowest BCUT2D eigenvalue weighted by Crippen LogP contribution is -2.52. The van der Waals surface area contributed by atoms with Crippen LogP contribution in [0.3, 0.4) is 0 Å². The minimum absolute atomic E-state index is 0.0127. The van der Waals surface area contributed by atoms with E-state index >= 15 is 0 Å². The highest BCUT2D eigenvalue weighted by Gasteiger charge is 2.39. The highest BCUT2D eigenvalue weighted by atomic mass is 16.6. The Morgan fingerprint density at radius 1 is 1.32 bits per heavy atom. The Balaban J connectivity index is 2.78. The van der Waals surface area contributed by atoms with E-state index in [-0.39, 0.29) is 23.3 Å². The number of nitrogens with one attached hydrogen (secondary N) is 1. The van der Waals surface area contributed by atoms with Crippen LogP contribution in [0.2, 0.25) is 0 Å². The zero-order chi connectivity index (χ0) is 14.8. The maximum atomic E-state index is 12.1. The van der Waals surface area contributed by atoms with Crippen molar-refractivity contribution < 1.29 is 14.3 Å². The van der Waals surface area contributed by atoms with Gasteiger partial charge in [-0.15, -0.1) is 0 Å². The van der Waals surface area contributed by atoms with Gasteiger partial charge in [0.1, 0.15) is 5.60 Å². The van der Waals surface area contributed by atoms with E-state index in [1.807, 2.05) is 20.8 Å². The number of likely N-dealkylation sites (tertiary alicyclic amines) is 1. The van der Waals surface area contributed by atoms with Gasteiger partial charge in [0.15, 0.2) is 0 Å². The molecule has 0 saturated carbocycles. The van der Waals surface area contributed by atoms with Crippen LogP contribution in [0.1, 0.15) is 41.0 Å². The largest absolute Gasteiger partial charge is 0.444 e. The van der Waals surface area contributed by atoms with Crippen LogP contribution in [-0.4, -0.2) is 42.6 Å². The Morgan fingerprint density at radius 2 is 1.89 bits per heavy atom. The Hall–Kier alpha value is -1.26. The summed E-state index contributed by atoms with van der Waals surface area (Å²) in [5.74, 6) is -0.178. The van der Waals surface area contributed by atoms with Gasteiger partial charge in [0.2, 0.25) is 5.91 Å². The summed E-state index contributed by atoms with van der Waals surface area (Å²) >= 11 is 0. The first-order valence-corrected chi connectivity index (χ1v) is 6.73. The van der Waals surface area contributed by atoms with Gasteiger partial charge in [-0.1, -0.05) is 13.8 Å². The van der Waals surface area contributed by atoms with Crippen molar-refractivity contribution >= 4 is 12.0 Å². The maximum absolute atomic E-state index is 12.1. The van der Waals surface area contributed by atoms with Crippen molar-refractivity contribution in [2.75, 3.05) is 20.1 Å². The molecule has 0 bridgehead atoms. The van der Waals surface area contributed by atoms with Gasteiger partial charge in [-0.05, 0) is 32.6 Å². The summed E-state index contributed by atoms with van der Waals surface area (Å²) in [7, 11) is 1.63. The van der Waals surface area contributed by atoms with Crippen molar-refractivity contribution in [2.24, 2.45) is 11.3 Å². The molecule has 0 spiro atoms. The highest BCUT2D eigenvalue weighted by molar-refractivity contribution is 5.79. The average molecular weight is 270 g/mol. The molecule has 0 aliphatic carbocycles. The Kier molecular flexibility index (Phi) is 4.48.